The molecule has 0 radical (unpaired) electrons. The van der Waals surface area contributed by atoms with E-state index in [4.69, 9.17) is 5.73 Å². The van der Waals surface area contributed by atoms with Crippen LogP contribution in [-0.2, 0) is 6.42 Å². The lowest BCUT2D eigenvalue weighted by Crippen LogP contribution is -2.46. The number of nitrogens with zero attached hydrogens (tertiary/aromatic N) is 1. The van der Waals surface area contributed by atoms with Gasteiger partial charge in [0.25, 0.3) is 0 Å². The molecule has 0 aromatic heterocycles. The van der Waals surface area contributed by atoms with Gasteiger partial charge >= 0.3 is 0 Å². The molecule has 0 saturated carbocycles. The highest BCUT2D eigenvalue weighted by Crippen LogP contribution is 2.31. The van der Waals surface area contributed by atoms with Crippen LogP contribution in [0.3, 0.4) is 0 Å². The van der Waals surface area contributed by atoms with Crippen LogP contribution in [0, 0.1) is 5.92 Å². The lowest BCUT2D eigenvalue weighted by molar-refractivity contribution is 0.477. The van der Waals surface area contributed by atoms with E-state index in [9.17, 15) is 0 Å². The minimum absolute atomic E-state index is 0.487. The van der Waals surface area contributed by atoms with Gasteiger partial charge in [-0.05, 0) is 42.4 Å². The first kappa shape index (κ1) is 13.8. The van der Waals surface area contributed by atoms with Gasteiger partial charge in [0.15, 0.2) is 0 Å². The van der Waals surface area contributed by atoms with Crippen molar-refractivity contribution in [1.29, 1.82) is 0 Å². The van der Waals surface area contributed by atoms with Gasteiger partial charge in [0.05, 0.1) is 0 Å². The molecule has 0 bridgehead atoms. The van der Waals surface area contributed by atoms with Crippen molar-refractivity contribution in [3.05, 3.63) is 29.8 Å². The molecule has 2 atom stereocenters. The van der Waals surface area contributed by atoms with E-state index in [0.29, 0.717) is 6.04 Å². The summed E-state index contributed by atoms with van der Waals surface area (Å²) >= 11 is 1.91. The van der Waals surface area contributed by atoms with Crippen molar-refractivity contribution in [3.8, 4) is 0 Å². The Morgan fingerprint density at radius 2 is 2.22 bits per heavy atom. The number of hydrogen-bond donors (Lipinski definition) is 1. The second-order valence-electron chi connectivity index (χ2n) is 5.26. The largest absolute Gasteiger partial charge is 0.367 e. The van der Waals surface area contributed by atoms with Crippen molar-refractivity contribution in [2.45, 2.75) is 25.8 Å². The molecule has 2 unspecified atom stereocenters. The Hall–Kier alpha value is -0.670. The fourth-order valence-corrected chi connectivity index (χ4v) is 3.35. The molecule has 2 nitrogen and oxygen atoms in total. The molecule has 0 amide bonds. The van der Waals surface area contributed by atoms with E-state index in [0.717, 1.165) is 19.0 Å². The van der Waals surface area contributed by atoms with Crippen molar-refractivity contribution in [3.63, 3.8) is 0 Å². The van der Waals surface area contributed by atoms with Gasteiger partial charge in [0, 0.05) is 24.8 Å². The number of hydrogen-bond acceptors (Lipinski definition) is 3. The molecule has 0 fully saturated rings. The molecule has 1 aromatic rings. The van der Waals surface area contributed by atoms with Crippen LogP contribution in [0.25, 0.3) is 0 Å². The quantitative estimate of drug-likeness (QED) is 0.886. The first-order valence-electron chi connectivity index (χ1n) is 6.79. The van der Waals surface area contributed by atoms with Crippen LogP contribution in [0.5, 0.6) is 0 Å². The summed E-state index contributed by atoms with van der Waals surface area (Å²) in [6.07, 6.45) is 4.55. The van der Waals surface area contributed by atoms with Gasteiger partial charge in [-0.2, -0.15) is 11.8 Å². The van der Waals surface area contributed by atoms with Crippen molar-refractivity contribution < 1.29 is 0 Å². The Morgan fingerprint density at radius 3 is 2.94 bits per heavy atom. The molecule has 1 aliphatic rings. The number of benzene rings is 1. The summed E-state index contributed by atoms with van der Waals surface area (Å²) in [5.41, 5.74) is 8.89. The third-order valence-electron chi connectivity index (χ3n) is 3.75. The SMILES string of the molecule is CSCCC(CN)N1CC(C)Cc2ccccc21. The minimum Gasteiger partial charge on any atom is -0.367 e. The lowest BCUT2D eigenvalue weighted by Gasteiger charge is -2.40. The fourth-order valence-electron chi connectivity index (χ4n) is 2.84. The number of nitrogens with two attached hydrogens (primary N) is 1. The number of fused-ring (bicyclic) bond motifs is 1. The summed E-state index contributed by atoms with van der Waals surface area (Å²) in [7, 11) is 0. The number of rotatable bonds is 5. The Labute approximate surface area is 115 Å². The van der Waals surface area contributed by atoms with Crippen LogP contribution in [0.2, 0.25) is 0 Å². The third kappa shape index (κ3) is 3.01. The van der Waals surface area contributed by atoms with E-state index < -0.39 is 0 Å². The average Bonchev–Trinajstić information content (AvgIpc) is 2.39. The molecular formula is C15H24N2S. The van der Waals surface area contributed by atoms with E-state index in [2.05, 4.69) is 42.3 Å². The maximum atomic E-state index is 6.00. The zero-order valence-electron chi connectivity index (χ0n) is 11.4. The van der Waals surface area contributed by atoms with E-state index in [1.807, 2.05) is 11.8 Å². The summed E-state index contributed by atoms with van der Waals surface area (Å²) in [6, 6.07) is 9.29. The third-order valence-corrected chi connectivity index (χ3v) is 4.39. The van der Waals surface area contributed by atoms with Crippen LogP contribution in [0.1, 0.15) is 18.9 Å². The van der Waals surface area contributed by atoms with Crippen LogP contribution >= 0.6 is 11.8 Å². The minimum atomic E-state index is 0.487. The summed E-state index contributed by atoms with van der Waals surface area (Å²) in [6.45, 7) is 4.24. The van der Waals surface area contributed by atoms with Crippen LogP contribution in [0.15, 0.2) is 24.3 Å². The number of anilines is 1. The van der Waals surface area contributed by atoms with Crippen LogP contribution < -0.4 is 10.6 Å². The topological polar surface area (TPSA) is 29.3 Å². The molecule has 0 saturated heterocycles. The maximum Gasteiger partial charge on any atom is 0.0420 e. The molecule has 18 heavy (non-hydrogen) atoms. The summed E-state index contributed by atoms with van der Waals surface area (Å²) in [4.78, 5) is 2.54. The molecule has 100 valence electrons. The van der Waals surface area contributed by atoms with Crippen LogP contribution in [-0.4, -0.2) is 31.1 Å². The van der Waals surface area contributed by atoms with Gasteiger partial charge in [-0.3, -0.25) is 0 Å². The van der Waals surface area contributed by atoms with Gasteiger partial charge < -0.3 is 10.6 Å². The van der Waals surface area contributed by atoms with E-state index in [-0.39, 0.29) is 0 Å². The molecule has 1 aromatic carbocycles. The van der Waals surface area contributed by atoms with Gasteiger partial charge in [-0.15, -0.1) is 0 Å². The predicted molar refractivity (Wildman–Crippen MR) is 82.5 cm³/mol. The monoisotopic (exact) mass is 264 g/mol. The first-order chi connectivity index (χ1) is 8.76. The van der Waals surface area contributed by atoms with E-state index >= 15 is 0 Å². The predicted octanol–water partition coefficient (Wildman–Crippen LogP) is 2.77. The average molecular weight is 264 g/mol. The van der Waals surface area contributed by atoms with Gasteiger partial charge in [0.1, 0.15) is 0 Å². The zero-order valence-corrected chi connectivity index (χ0v) is 12.2. The smallest absolute Gasteiger partial charge is 0.0420 e. The van der Waals surface area contributed by atoms with Gasteiger partial charge in [-0.1, -0.05) is 25.1 Å². The fraction of sp³-hybridized carbons (Fsp3) is 0.600. The molecule has 0 spiro atoms. The zero-order chi connectivity index (χ0) is 13.0. The maximum absolute atomic E-state index is 6.00. The first-order valence-corrected chi connectivity index (χ1v) is 8.19. The van der Waals surface area contributed by atoms with Crippen molar-refractivity contribution >= 4 is 17.4 Å². The van der Waals surface area contributed by atoms with Crippen LogP contribution in [0.4, 0.5) is 5.69 Å². The summed E-state index contributed by atoms with van der Waals surface area (Å²) in [5, 5.41) is 0. The number of thioether (sulfide) groups is 1. The standard InChI is InChI=1S/C15H24N2S/c1-12-9-13-5-3-4-6-15(13)17(11-12)14(10-16)7-8-18-2/h3-6,12,14H,7-11,16H2,1-2H3. The molecule has 2 rings (SSSR count). The molecule has 1 aliphatic heterocycles. The second-order valence-corrected chi connectivity index (χ2v) is 6.25. The summed E-state index contributed by atoms with van der Waals surface area (Å²) < 4.78 is 0. The van der Waals surface area contributed by atoms with Crippen molar-refractivity contribution in [2.75, 3.05) is 30.0 Å². The molecule has 2 N–H and O–H groups in total. The van der Waals surface area contributed by atoms with E-state index in [1.165, 1.54) is 29.8 Å². The highest BCUT2D eigenvalue weighted by Gasteiger charge is 2.26. The Morgan fingerprint density at radius 1 is 1.44 bits per heavy atom. The second kappa shape index (κ2) is 6.48. The molecule has 1 heterocycles. The Kier molecular flexibility index (Phi) is 4.95. The normalized spacial score (nSPS) is 20.6. The van der Waals surface area contributed by atoms with Crippen molar-refractivity contribution in [2.24, 2.45) is 11.7 Å². The number of para-hydroxylation sites is 1. The van der Waals surface area contributed by atoms with E-state index in [1.54, 1.807) is 0 Å². The van der Waals surface area contributed by atoms with Gasteiger partial charge in [-0.25, -0.2) is 0 Å². The summed E-state index contributed by atoms with van der Waals surface area (Å²) in [5.74, 6) is 1.91. The molecule has 0 aliphatic carbocycles. The Balaban J connectivity index is 2.21. The molecule has 3 heteroatoms. The highest BCUT2D eigenvalue weighted by molar-refractivity contribution is 7.98. The van der Waals surface area contributed by atoms with Crippen molar-refractivity contribution in [1.82, 2.24) is 0 Å². The molecular weight excluding hydrogens is 240 g/mol. The van der Waals surface area contributed by atoms with Gasteiger partial charge in [0.2, 0.25) is 0 Å². The highest BCUT2D eigenvalue weighted by atomic mass is 32.2. The lowest BCUT2D eigenvalue weighted by atomic mass is 9.92. The Bertz CT molecular complexity index is 381.